The Balaban J connectivity index is 2.21. The first-order chi connectivity index (χ1) is 10.7. The van der Waals surface area contributed by atoms with Crippen LogP contribution in [0.25, 0.3) is 0 Å². The number of ether oxygens (including phenoxy) is 1. The zero-order chi connectivity index (χ0) is 17.0. The molecule has 8 heteroatoms. The Morgan fingerprint density at radius 1 is 1.13 bits per heavy atom. The average molecular weight is 355 g/mol. The molecule has 0 atom stereocenters. The van der Waals surface area contributed by atoms with Crippen molar-refractivity contribution in [2.75, 3.05) is 11.9 Å². The number of nitrogens with one attached hydrogen (secondary N) is 1. The number of esters is 1. The second kappa shape index (κ2) is 7.10. The van der Waals surface area contributed by atoms with Crippen molar-refractivity contribution in [2.24, 2.45) is 5.41 Å². The van der Waals surface area contributed by atoms with Gasteiger partial charge in [0.2, 0.25) is 16.5 Å². The minimum Gasteiger partial charge on any atom is -0.461 e. The summed E-state index contributed by atoms with van der Waals surface area (Å²) in [5, 5.41) is 2.82. The number of benzene rings is 1. The standard InChI is InChI=1S/C15H16Cl2N4O2/c1-15(2,3)8-23-11(22)9-6-4-5-7-10(9)18-14-20-12(16)19-13(17)21-14/h4-7H,8H2,1-3H3,(H,18,19,20,21). The van der Waals surface area contributed by atoms with Crippen LogP contribution in [0.3, 0.4) is 0 Å². The number of carbonyl (C=O) groups is 1. The van der Waals surface area contributed by atoms with Crippen LogP contribution in [0.4, 0.5) is 11.6 Å². The monoisotopic (exact) mass is 354 g/mol. The molecule has 6 nitrogen and oxygen atoms in total. The average Bonchev–Trinajstić information content (AvgIpc) is 2.43. The molecule has 23 heavy (non-hydrogen) atoms. The quantitative estimate of drug-likeness (QED) is 0.831. The molecule has 0 unspecified atom stereocenters. The van der Waals surface area contributed by atoms with E-state index in [2.05, 4.69) is 20.3 Å². The van der Waals surface area contributed by atoms with E-state index in [9.17, 15) is 4.79 Å². The van der Waals surface area contributed by atoms with Crippen LogP contribution in [0.1, 0.15) is 31.1 Å². The topological polar surface area (TPSA) is 77.0 Å². The van der Waals surface area contributed by atoms with E-state index >= 15 is 0 Å². The molecule has 0 spiro atoms. The minimum absolute atomic E-state index is 0.0414. The van der Waals surface area contributed by atoms with E-state index in [0.29, 0.717) is 17.9 Å². The molecule has 0 saturated heterocycles. The largest absolute Gasteiger partial charge is 0.461 e. The maximum atomic E-state index is 12.3. The summed E-state index contributed by atoms with van der Waals surface area (Å²) in [7, 11) is 0. The highest BCUT2D eigenvalue weighted by Gasteiger charge is 2.18. The molecule has 1 aromatic heterocycles. The Kier molecular flexibility index (Phi) is 5.38. The van der Waals surface area contributed by atoms with Crippen molar-refractivity contribution in [1.82, 2.24) is 15.0 Å². The summed E-state index contributed by atoms with van der Waals surface area (Å²) >= 11 is 11.5. The van der Waals surface area contributed by atoms with Gasteiger partial charge >= 0.3 is 5.97 Å². The smallest absolute Gasteiger partial charge is 0.340 e. The van der Waals surface area contributed by atoms with Gasteiger partial charge in [0.15, 0.2) is 0 Å². The van der Waals surface area contributed by atoms with E-state index in [4.69, 9.17) is 27.9 Å². The molecule has 1 aromatic carbocycles. The van der Waals surface area contributed by atoms with E-state index in [1.165, 1.54) is 0 Å². The van der Waals surface area contributed by atoms with Crippen LogP contribution in [0, 0.1) is 5.41 Å². The Morgan fingerprint density at radius 3 is 2.35 bits per heavy atom. The number of hydrogen-bond acceptors (Lipinski definition) is 6. The van der Waals surface area contributed by atoms with Crippen LogP contribution in [0.2, 0.25) is 10.6 Å². The molecular weight excluding hydrogens is 339 g/mol. The summed E-state index contributed by atoms with van der Waals surface area (Å²) in [6.07, 6.45) is 0. The molecule has 0 saturated carbocycles. The first kappa shape index (κ1) is 17.4. The molecule has 1 heterocycles. The molecule has 0 aliphatic rings. The van der Waals surface area contributed by atoms with Gasteiger partial charge in [-0.2, -0.15) is 15.0 Å². The number of hydrogen-bond donors (Lipinski definition) is 1. The van der Waals surface area contributed by atoms with Crippen molar-refractivity contribution in [2.45, 2.75) is 20.8 Å². The fourth-order valence-corrected chi connectivity index (χ4v) is 2.00. The van der Waals surface area contributed by atoms with Crippen molar-refractivity contribution in [3.63, 3.8) is 0 Å². The predicted molar refractivity (Wildman–Crippen MR) is 89.3 cm³/mol. The summed E-state index contributed by atoms with van der Waals surface area (Å²) in [6, 6.07) is 6.87. The second-order valence-electron chi connectivity index (χ2n) is 6.00. The highest BCUT2D eigenvalue weighted by atomic mass is 35.5. The number of nitrogens with zero attached hydrogens (tertiary/aromatic N) is 3. The van der Waals surface area contributed by atoms with Gasteiger partial charge in [0.1, 0.15) is 0 Å². The number of anilines is 2. The van der Waals surface area contributed by atoms with E-state index in [1.807, 2.05) is 20.8 Å². The SMILES string of the molecule is CC(C)(C)COC(=O)c1ccccc1Nc1nc(Cl)nc(Cl)n1. The zero-order valence-electron chi connectivity index (χ0n) is 12.9. The van der Waals surface area contributed by atoms with Crippen LogP contribution >= 0.6 is 23.2 Å². The summed E-state index contributed by atoms with van der Waals surface area (Å²) < 4.78 is 5.33. The maximum absolute atomic E-state index is 12.3. The van der Waals surface area contributed by atoms with Gasteiger partial charge in [0.25, 0.3) is 0 Å². The second-order valence-corrected chi connectivity index (χ2v) is 6.68. The van der Waals surface area contributed by atoms with Crippen molar-refractivity contribution >= 4 is 40.8 Å². The van der Waals surface area contributed by atoms with E-state index in [0.717, 1.165) is 0 Å². The Bertz CT molecular complexity index is 697. The fourth-order valence-electron chi connectivity index (χ4n) is 1.63. The molecule has 2 aromatic rings. The predicted octanol–water partition coefficient (Wildman–Crippen LogP) is 4.12. The lowest BCUT2D eigenvalue weighted by atomic mass is 9.99. The molecule has 0 aliphatic carbocycles. The minimum atomic E-state index is -0.436. The fraction of sp³-hybridized carbons (Fsp3) is 0.333. The van der Waals surface area contributed by atoms with Crippen LogP contribution < -0.4 is 5.32 Å². The normalized spacial score (nSPS) is 11.2. The molecule has 2 rings (SSSR count). The first-order valence-electron chi connectivity index (χ1n) is 6.85. The molecule has 0 bridgehead atoms. The molecular formula is C15H16Cl2N4O2. The number of aromatic nitrogens is 3. The van der Waals surface area contributed by atoms with E-state index in [1.54, 1.807) is 24.3 Å². The third-order valence-electron chi connectivity index (χ3n) is 2.61. The molecule has 1 N–H and O–H groups in total. The highest BCUT2D eigenvalue weighted by Crippen LogP contribution is 2.22. The summed E-state index contributed by atoms with van der Waals surface area (Å²) in [6.45, 7) is 6.27. The van der Waals surface area contributed by atoms with Crippen LogP contribution in [-0.2, 0) is 4.74 Å². The van der Waals surface area contributed by atoms with Crippen molar-refractivity contribution < 1.29 is 9.53 Å². The number of carbonyl (C=O) groups excluding carboxylic acids is 1. The number of rotatable bonds is 4. The lowest BCUT2D eigenvalue weighted by molar-refractivity contribution is 0.0368. The lowest BCUT2D eigenvalue weighted by Crippen LogP contribution is -2.19. The zero-order valence-corrected chi connectivity index (χ0v) is 14.4. The molecule has 0 radical (unpaired) electrons. The molecule has 122 valence electrons. The maximum Gasteiger partial charge on any atom is 0.340 e. The number of para-hydroxylation sites is 1. The Labute approximate surface area is 144 Å². The van der Waals surface area contributed by atoms with Gasteiger partial charge in [-0.05, 0) is 40.7 Å². The van der Waals surface area contributed by atoms with Gasteiger partial charge in [0.05, 0.1) is 17.9 Å². The third-order valence-corrected chi connectivity index (χ3v) is 2.95. The van der Waals surface area contributed by atoms with E-state index < -0.39 is 5.97 Å². The lowest BCUT2D eigenvalue weighted by Gasteiger charge is -2.18. The summed E-state index contributed by atoms with van der Waals surface area (Å²) in [5.74, 6) is -0.291. The van der Waals surface area contributed by atoms with Crippen molar-refractivity contribution in [3.8, 4) is 0 Å². The molecule has 0 fully saturated rings. The van der Waals surface area contributed by atoms with Gasteiger partial charge in [-0.1, -0.05) is 32.9 Å². The van der Waals surface area contributed by atoms with Crippen molar-refractivity contribution in [3.05, 3.63) is 40.4 Å². The highest BCUT2D eigenvalue weighted by molar-refractivity contribution is 6.31. The molecule has 0 amide bonds. The van der Waals surface area contributed by atoms with Gasteiger partial charge in [-0.3, -0.25) is 0 Å². The van der Waals surface area contributed by atoms with Gasteiger partial charge in [-0.15, -0.1) is 0 Å². The van der Waals surface area contributed by atoms with Gasteiger partial charge < -0.3 is 10.1 Å². The van der Waals surface area contributed by atoms with Crippen molar-refractivity contribution in [1.29, 1.82) is 0 Å². The van der Waals surface area contributed by atoms with Crippen LogP contribution in [0.15, 0.2) is 24.3 Å². The Morgan fingerprint density at radius 2 is 1.74 bits per heavy atom. The first-order valence-corrected chi connectivity index (χ1v) is 7.60. The van der Waals surface area contributed by atoms with Crippen LogP contribution in [0.5, 0.6) is 0 Å². The van der Waals surface area contributed by atoms with Gasteiger partial charge in [-0.25, -0.2) is 4.79 Å². The summed E-state index contributed by atoms with van der Waals surface area (Å²) in [4.78, 5) is 23.8. The summed E-state index contributed by atoms with van der Waals surface area (Å²) in [5.41, 5.74) is 0.738. The Hall–Kier alpha value is -1.92. The van der Waals surface area contributed by atoms with Gasteiger partial charge in [0, 0.05) is 0 Å². The molecule has 0 aliphatic heterocycles. The van der Waals surface area contributed by atoms with E-state index in [-0.39, 0.29) is 21.9 Å². The third kappa shape index (κ3) is 5.33. The number of halogens is 2. The van der Waals surface area contributed by atoms with Crippen LogP contribution in [-0.4, -0.2) is 27.5 Å².